The van der Waals surface area contributed by atoms with Gasteiger partial charge in [0.2, 0.25) is 5.91 Å². The van der Waals surface area contributed by atoms with Crippen LogP contribution in [0.4, 0.5) is 11.4 Å². The molecule has 33 heavy (non-hydrogen) atoms. The van der Waals surface area contributed by atoms with Gasteiger partial charge in [-0.15, -0.1) is 0 Å². The summed E-state index contributed by atoms with van der Waals surface area (Å²) in [5.74, 6) is -2.15. The highest BCUT2D eigenvalue weighted by atomic mass is 16.5. The number of nitrogens with zero attached hydrogens (tertiary/aromatic N) is 2. The van der Waals surface area contributed by atoms with Crippen molar-refractivity contribution in [2.24, 2.45) is 0 Å². The Morgan fingerprint density at radius 1 is 1.00 bits per heavy atom. The standard InChI is InChI=1S/C24H16N4O5/c1-13(29)26-19-5-3-2-4-16(19)15-7-8-17-21(11-15)33-28-22(17)23(30)27-20-9-6-14(12-25)10-18(20)24(31)32/h2-11H,1H3,(H,26,29)(H,27,30)(H,31,32). The van der Waals surface area contributed by atoms with Gasteiger partial charge in [-0.3, -0.25) is 9.59 Å². The third-order valence-corrected chi connectivity index (χ3v) is 4.86. The molecule has 0 saturated carbocycles. The van der Waals surface area contributed by atoms with Crippen molar-refractivity contribution in [3.8, 4) is 17.2 Å². The Balaban J connectivity index is 1.67. The maximum atomic E-state index is 12.8. The van der Waals surface area contributed by atoms with Gasteiger partial charge in [-0.25, -0.2) is 4.79 Å². The number of carbonyl (C=O) groups excluding carboxylic acids is 2. The van der Waals surface area contributed by atoms with Gasteiger partial charge in [0, 0.05) is 18.2 Å². The molecule has 3 aromatic carbocycles. The fourth-order valence-electron chi connectivity index (χ4n) is 3.38. The molecule has 9 heteroatoms. The molecule has 0 aliphatic heterocycles. The first kappa shape index (κ1) is 21.3. The number of benzene rings is 3. The van der Waals surface area contributed by atoms with Gasteiger partial charge in [0.05, 0.1) is 28.3 Å². The minimum absolute atomic E-state index is 0.0209. The topological polar surface area (TPSA) is 145 Å². The van der Waals surface area contributed by atoms with Crippen molar-refractivity contribution < 1.29 is 24.0 Å². The van der Waals surface area contributed by atoms with Crippen LogP contribution in [0.1, 0.15) is 33.3 Å². The summed E-state index contributed by atoms with van der Waals surface area (Å²) in [6, 6.07) is 18.2. The summed E-state index contributed by atoms with van der Waals surface area (Å²) in [5.41, 5.74) is 2.43. The van der Waals surface area contributed by atoms with Gasteiger partial charge in [0.25, 0.3) is 5.91 Å². The highest BCUT2D eigenvalue weighted by Crippen LogP contribution is 2.31. The molecule has 0 radical (unpaired) electrons. The summed E-state index contributed by atoms with van der Waals surface area (Å²) in [4.78, 5) is 35.8. The van der Waals surface area contributed by atoms with Gasteiger partial charge in [0.15, 0.2) is 11.3 Å². The van der Waals surface area contributed by atoms with Crippen molar-refractivity contribution in [2.75, 3.05) is 10.6 Å². The molecule has 0 saturated heterocycles. The minimum atomic E-state index is -1.28. The molecule has 2 amide bonds. The average molecular weight is 440 g/mol. The zero-order valence-corrected chi connectivity index (χ0v) is 17.2. The van der Waals surface area contributed by atoms with Crippen molar-refractivity contribution in [1.29, 1.82) is 5.26 Å². The number of aromatic carboxylic acids is 1. The van der Waals surface area contributed by atoms with Crippen LogP contribution in [0.2, 0.25) is 0 Å². The number of carboxylic acid groups (broad SMARTS) is 1. The summed E-state index contributed by atoms with van der Waals surface area (Å²) in [5, 5.41) is 27.9. The molecule has 162 valence electrons. The largest absolute Gasteiger partial charge is 0.478 e. The second-order valence-electron chi connectivity index (χ2n) is 7.10. The molecule has 9 nitrogen and oxygen atoms in total. The van der Waals surface area contributed by atoms with Crippen LogP contribution in [0, 0.1) is 11.3 Å². The number of para-hydroxylation sites is 1. The smallest absolute Gasteiger partial charge is 0.337 e. The number of carboxylic acids is 1. The first-order chi connectivity index (χ1) is 15.9. The van der Waals surface area contributed by atoms with E-state index in [1.165, 1.54) is 25.1 Å². The van der Waals surface area contributed by atoms with Crippen molar-refractivity contribution in [3.05, 3.63) is 77.5 Å². The molecular formula is C24H16N4O5. The number of hydrogen-bond donors (Lipinski definition) is 3. The number of hydrogen-bond acceptors (Lipinski definition) is 6. The SMILES string of the molecule is CC(=O)Nc1ccccc1-c1ccc2c(C(=O)Nc3ccc(C#N)cc3C(=O)O)noc2c1. The number of nitriles is 1. The van der Waals surface area contributed by atoms with E-state index in [1.54, 1.807) is 30.3 Å². The highest BCUT2D eigenvalue weighted by Gasteiger charge is 2.20. The summed E-state index contributed by atoms with van der Waals surface area (Å²) in [6.45, 7) is 1.42. The second-order valence-corrected chi connectivity index (χ2v) is 7.10. The number of aromatic nitrogens is 1. The number of amides is 2. The summed E-state index contributed by atoms with van der Waals surface area (Å²) in [7, 11) is 0. The minimum Gasteiger partial charge on any atom is -0.478 e. The molecule has 3 N–H and O–H groups in total. The van der Waals surface area contributed by atoms with Gasteiger partial charge < -0.3 is 20.3 Å². The highest BCUT2D eigenvalue weighted by molar-refractivity contribution is 6.13. The second kappa shape index (κ2) is 8.64. The third kappa shape index (κ3) is 4.26. The van der Waals surface area contributed by atoms with E-state index in [-0.39, 0.29) is 28.4 Å². The third-order valence-electron chi connectivity index (χ3n) is 4.86. The van der Waals surface area contributed by atoms with E-state index in [0.717, 1.165) is 11.1 Å². The summed E-state index contributed by atoms with van der Waals surface area (Å²) in [6.07, 6.45) is 0. The fourth-order valence-corrected chi connectivity index (χ4v) is 3.38. The van der Waals surface area contributed by atoms with Crippen LogP contribution in [0.3, 0.4) is 0 Å². The Kier molecular flexibility index (Phi) is 5.57. The van der Waals surface area contributed by atoms with Crippen molar-refractivity contribution in [3.63, 3.8) is 0 Å². The zero-order chi connectivity index (χ0) is 23.5. The van der Waals surface area contributed by atoms with Crippen LogP contribution in [0.25, 0.3) is 22.1 Å². The molecule has 1 heterocycles. The Bertz CT molecular complexity index is 1470. The van der Waals surface area contributed by atoms with Crippen LogP contribution in [0.15, 0.2) is 65.2 Å². The van der Waals surface area contributed by atoms with Crippen LogP contribution in [0.5, 0.6) is 0 Å². The van der Waals surface area contributed by atoms with E-state index >= 15 is 0 Å². The predicted octanol–water partition coefficient (Wildman–Crippen LogP) is 4.28. The molecule has 4 aromatic rings. The Hall–Kier alpha value is -4.97. The van der Waals surface area contributed by atoms with Crippen molar-refractivity contribution in [1.82, 2.24) is 5.16 Å². The maximum absolute atomic E-state index is 12.8. The van der Waals surface area contributed by atoms with E-state index in [2.05, 4.69) is 15.8 Å². The fraction of sp³-hybridized carbons (Fsp3) is 0.0417. The monoisotopic (exact) mass is 440 g/mol. The molecule has 0 unspecified atom stereocenters. The zero-order valence-electron chi connectivity index (χ0n) is 17.2. The summed E-state index contributed by atoms with van der Waals surface area (Å²) >= 11 is 0. The number of nitrogens with one attached hydrogen (secondary N) is 2. The molecule has 0 aliphatic rings. The lowest BCUT2D eigenvalue weighted by Crippen LogP contribution is -2.15. The van der Waals surface area contributed by atoms with Crippen molar-refractivity contribution >= 4 is 40.1 Å². The van der Waals surface area contributed by atoms with Gasteiger partial charge in [-0.1, -0.05) is 29.4 Å². The molecule has 4 rings (SSSR count). The van der Waals surface area contributed by atoms with E-state index in [9.17, 15) is 19.5 Å². The molecule has 0 atom stereocenters. The Morgan fingerprint density at radius 3 is 2.52 bits per heavy atom. The maximum Gasteiger partial charge on any atom is 0.337 e. The van der Waals surface area contributed by atoms with E-state index in [0.29, 0.717) is 16.7 Å². The average Bonchev–Trinajstić information content (AvgIpc) is 3.22. The van der Waals surface area contributed by atoms with Gasteiger partial charge in [-0.05, 0) is 42.0 Å². The first-order valence-corrected chi connectivity index (χ1v) is 9.72. The molecule has 0 fully saturated rings. The van der Waals surface area contributed by atoms with E-state index in [4.69, 9.17) is 9.78 Å². The van der Waals surface area contributed by atoms with E-state index < -0.39 is 11.9 Å². The number of rotatable bonds is 5. The van der Waals surface area contributed by atoms with Crippen LogP contribution in [-0.2, 0) is 4.79 Å². The lowest BCUT2D eigenvalue weighted by atomic mass is 10.0. The first-order valence-electron chi connectivity index (χ1n) is 9.72. The number of fused-ring (bicyclic) bond motifs is 1. The lowest BCUT2D eigenvalue weighted by molar-refractivity contribution is -0.114. The number of carbonyl (C=O) groups is 3. The van der Waals surface area contributed by atoms with Gasteiger partial charge in [-0.2, -0.15) is 5.26 Å². The van der Waals surface area contributed by atoms with Crippen molar-refractivity contribution in [2.45, 2.75) is 6.92 Å². The van der Waals surface area contributed by atoms with E-state index in [1.807, 2.05) is 18.2 Å². The van der Waals surface area contributed by atoms with Crippen LogP contribution >= 0.6 is 0 Å². The molecule has 0 bridgehead atoms. The predicted molar refractivity (Wildman–Crippen MR) is 120 cm³/mol. The van der Waals surface area contributed by atoms with Crippen LogP contribution < -0.4 is 10.6 Å². The van der Waals surface area contributed by atoms with Crippen LogP contribution in [-0.4, -0.2) is 28.0 Å². The Labute approximate surface area is 187 Å². The van der Waals surface area contributed by atoms with Gasteiger partial charge >= 0.3 is 5.97 Å². The number of anilines is 2. The molecular weight excluding hydrogens is 424 g/mol. The summed E-state index contributed by atoms with van der Waals surface area (Å²) < 4.78 is 5.35. The normalized spacial score (nSPS) is 10.4. The Morgan fingerprint density at radius 2 is 1.79 bits per heavy atom. The lowest BCUT2D eigenvalue weighted by Gasteiger charge is -2.10. The van der Waals surface area contributed by atoms with Gasteiger partial charge in [0.1, 0.15) is 0 Å². The molecule has 0 aliphatic carbocycles. The molecule has 1 aromatic heterocycles. The quantitative estimate of drug-likeness (QED) is 0.420. The molecule has 0 spiro atoms.